The van der Waals surface area contributed by atoms with E-state index in [0.717, 1.165) is 18.8 Å². The Morgan fingerprint density at radius 3 is 2.36 bits per heavy atom. The van der Waals surface area contributed by atoms with Crippen LogP contribution >= 0.6 is 0 Å². The monoisotopic (exact) mass is 155 g/mol. The third kappa shape index (κ3) is 1.95. The molecule has 0 spiro atoms. The smallest absolute Gasteiger partial charge is 0.225 e. The van der Waals surface area contributed by atoms with Crippen molar-refractivity contribution in [1.29, 1.82) is 0 Å². The summed E-state index contributed by atoms with van der Waals surface area (Å²) in [6, 6.07) is 0. The van der Waals surface area contributed by atoms with Crippen molar-refractivity contribution in [2.45, 2.75) is 26.2 Å². The molecule has 64 valence electrons. The third-order valence-corrected chi connectivity index (χ3v) is 2.48. The Bertz CT molecular complexity index is 154. The molecule has 0 aliphatic heterocycles. The number of carbonyl (C=O) groups excluding carboxylic acids is 1. The molecular weight excluding hydrogens is 138 g/mol. The van der Waals surface area contributed by atoms with Gasteiger partial charge in [-0.1, -0.05) is 6.92 Å². The minimum absolute atomic E-state index is 0.314. The Hall–Kier alpha value is -0.530. The summed E-state index contributed by atoms with van der Waals surface area (Å²) < 4.78 is 0. The van der Waals surface area contributed by atoms with Crippen LogP contribution < -0.4 is 0 Å². The molecule has 1 amide bonds. The first-order valence-electron chi connectivity index (χ1n) is 4.32. The minimum Gasteiger partial charge on any atom is -0.349 e. The Morgan fingerprint density at radius 1 is 1.36 bits per heavy atom. The molecule has 0 radical (unpaired) electrons. The van der Waals surface area contributed by atoms with E-state index >= 15 is 0 Å². The Kier molecular flexibility index (Phi) is 2.53. The SMILES string of the molecule is CC1CCC(C(=O)N(C)C)C1. The van der Waals surface area contributed by atoms with Gasteiger partial charge in [0.15, 0.2) is 0 Å². The molecule has 1 saturated carbocycles. The summed E-state index contributed by atoms with van der Waals surface area (Å²) in [7, 11) is 3.68. The summed E-state index contributed by atoms with van der Waals surface area (Å²) in [6.07, 6.45) is 3.42. The van der Waals surface area contributed by atoms with Crippen LogP contribution in [0.5, 0.6) is 0 Å². The minimum atomic E-state index is 0.314. The number of hydrogen-bond donors (Lipinski definition) is 0. The molecule has 2 heteroatoms. The predicted molar refractivity (Wildman–Crippen MR) is 45.2 cm³/mol. The average Bonchev–Trinajstić information content (AvgIpc) is 2.34. The van der Waals surface area contributed by atoms with Crippen LogP contribution in [0.25, 0.3) is 0 Å². The molecular formula is C9H17NO. The molecule has 0 heterocycles. The molecule has 1 aliphatic rings. The number of amides is 1. The van der Waals surface area contributed by atoms with Crippen molar-refractivity contribution in [3.63, 3.8) is 0 Å². The first-order chi connectivity index (χ1) is 5.11. The second-order valence-corrected chi connectivity index (χ2v) is 3.85. The van der Waals surface area contributed by atoms with Crippen LogP contribution in [0.15, 0.2) is 0 Å². The molecule has 0 aromatic heterocycles. The highest BCUT2D eigenvalue weighted by molar-refractivity contribution is 5.78. The number of carbonyl (C=O) groups is 1. The van der Waals surface area contributed by atoms with Crippen LogP contribution in [0.3, 0.4) is 0 Å². The Balaban J connectivity index is 2.43. The second kappa shape index (κ2) is 3.24. The van der Waals surface area contributed by atoms with Crippen LogP contribution in [-0.4, -0.2) is 24.9 Å². The van der Waals surface area contributed by atoms with Crippen molar-refractivity contribution in [3.05, 3.63) is 0 Å². The lowest BCUT2D eigenvalue weighted by Crippen LogP contribution is -2.28. The summed E-state index contributed by atoms with van der Waals surface area (Å²) >= 11 is 0. The summed E-state index contributed by atoms with van der Waals surface area (Å²) in [5, 5.41) is 0. The molecule has 0 bridgehead atoms. The van der Waals surface area contributed by atoms with Crippen molar-refractivity contribution >= 4 is 5.91 Å². The molecule has 11 heavy (non-hydrogen) atoms. The number of hydrogen-bond acceptors (Lipinski definition) is 1. The van der Waals surface area contributed by atoms with E-state index in [0.29, 0.717) is 11.8 Å². The predicted octanol–water partition coefficient (Wildman–Crippen LogP) is 1.51. The van der Waals surface area contributed by atoms with Crippen LogP contribution in [0.1, 0.15) is 26.2 Å². The largest absolute Gasteiger partial charge is 0.349 e. The van der Waals surface area contributed by atoms with Crippen LogP contribution in [0, 0.1) is 11.8 Å². The molecule has 1 rings (SSSR count). The Labute approximate surface area is 68.6 Å². The fourth-order valence-electron chi connectivity index (χ4n) is 1.80. The van der Waals surface area contributed by atoms with Gasteiger partial charge in [-0.3, -0.25) is 4.79 Å². The van der Waals surface area contributed by atoms with E-state index in [1.165, 1.54) is 6.42 Å². The maximum Gasteiger partial charge on any atom is 0.225 e. The molecule has 0 N–H and O–H groups in total. The standard InChI is InChI=1S/C9H17NO/c1-7-4-5-8(6-7)9(11)10(2)3/h7-8H,4-6H2,1-3H3. The van der Waals surface area contributed by atoms with E-state index in [9.17, 15) is 4.79 Å². The fourth-order valence-corrected chi connectivity index (χ4v) is 1.80. The lowest BCUT2D eigenvalue weighted by molar-refractivity contribution is -0.132. The first-order valence-corrected chi connectivity index (χ1v) is 4.32. The molecule has 0 aromatic rings. The van der Waals surface area contributed by atoms with Gasteiger partial charge in [-0.2, -0.15) is 0 Å². The van der Waals surface area contributed by atoms with E-state index in [1.807, 2.05) is 14.1 Å². The summed E-state index contributed by atoms with van der Waals surface area (Å²) in [5.74, 6) is 1.39. The van der Waals surface area contributed by atoms with E-state index < -0.39 is 0 Å². The van der Waals surface area contributed by atoms with Crippen LogP contribution in [0.2, 0.25) is 0 Å². The zero-order valence-corrected chi connectivity index (χ0v) is 7.63. The average molecular weight is 155 g/mol. The Morgan fingerprint density at radius 2 is 2.00 bits per heavy atom. The summed E-state index contributed by atoms with van der Waals surface area (Å²) in [4.78, 5) is 13.1. The molecule has 0 saturated heterocycles. The van der Waals surface area contributed by atoms with Gasteiger partial charge in [0, 0.05) is 20.0 Å². The molecule has 2 atom stereocenters. The highest BCUT2D eigenvalue weighted by Crippen LogP contribution is 2.30. The molecule has 1 aliphatic carbocycles. The third-order valence-electron chi connectivity index (χ3n) is 2.48. The van der Waals surface area contributed by atoms with Crippen molar-refractivity contribution in [2.75, 3.05) is 14.1 Å². The van der Waals surface area contributed by atoms with Crippen molar-refractivity contribution < 1.29 is 4.79 Å². The second-order valence-electron chi connectivity index (χ2n) is 3.85. The fraction of sp³-hybridized carbons (Fsp3) is 0.889. The quantitative estimate of drug-likeness (QED) is 0.562. The summed E-state index contributed by atoms with van der Waals surface area (Å²) in [5.41, 5.74) is 0. The van der Waals surface area contributed by atoms with Gasteiger partial charge in [-0.25, -0.2) is 0 Å². The van der Waals surface area contributed by atoms with Gasteiger partial charge >= 0.3 is 0 Å². The number of rotatable bonds is 1. The topological polar surface area (TPSA) is 20.3 Å². The van der Waals surface area contributed by atoms with Crippen LogP contribution in [0.4, 0.5) is 0 Å². The number of nitrogens with zero attached hydrogens (tertiary/aromatic N) is 1. The van der Waals surface area contributed by atoms with E-state index in [1.54, 1.807) is 4.90 Å². The normalized spacial score (nSPS) is 30.5. The van der Waals surface area contributed by atoms with Gasteiger partial charge in [-0.15, -0.1) is 0 Å². The van der Waals surface area contributed by atoms with Crippen molar-refractivity contribution in [1.82, 2.24) is 4.90 Å². The molecule has 1 fully saturated rings. The van der Waals surface area contributed by atoms with E-state index in [2.05, 4.69) is 6.92 Å². The van der Waals surface area contributed by atoms with E-state index in [4.69, 9.17) is 0 Å². The lowest BCUT2D eigenvalue weighted by atomic mass is 10.1. The van der Waals surface area contributed by atoms with Gasteiger partial charge in [-0.05, 0) is 25.2 Å². The molecule has 0 aromatic carbocycles. The molecule has 2 unspecified atom stereocenters. The summed E-state index contributed by atoms with van der Waals surface area (Å²) in [6.45, 7) is 2.23. The maximum atomic E-state index is 11.4. The zero-order valence-electron chi connectivity index (χ0n) is 7.63. The van der Waals surface area contributed by atoms with Gasteiger partial charge in [0.25, 0.3) is 0 Å². The highest BCUT2D eigenvalue weighted by Gasteiger charge is 2.27. The van der Waals surface area contributed by atoms with Crippen molar-refractivity contribution in [3.8, 4) is 0 Å². The van der Waals surface area contributed by atoms with Gasteiger partial charge in [0.05, 0.1) is 0 Å². The zero-order chi connectivity index (χ0) is 8.43. The van der Waals surface area contributed by atoms with Gasteiger partial charge in [0.1, 0.15) is 0 Å². The van der Waals surface area contributed by atoms with Crippen molar-refractivity contribution in [2.24, 2.45) is 11.8 Å². The maximum absolute atomic E-state index is 11.4. The van der Waals surface area contributed by atoms with Gasteiger partial charge < -0.3 is 4.90 Å². The van der Waals surface area contributed by atoms with Crippen LogP contribution in [-0.2, 0) is 4.79 Å². The van der Waals surface area contributed by atoms with Gasteiger partial charge in [0.2, 0.25) is 5.91 Å². The first kappa shape index (κ1) is 8.57. The highest BCUT2D eigenvalue weighted by atomic mass is 16.2. The van der Waals surface area contributed by atoms with E-state index in [-0.39, 0.29) is 0 Å². The molecule has 2 nitrogen and oxygen atoms in total. The lowest BCUT2D eigenvalue weighted by Gasteiger charge is -2.15.